The molecule has 0 aliphatic carbocycles. The highest BCUT2D eigenvalue weighted by molar-refractivity contribution is 6.07. The number of phenolic OH excluding ortho intramolecular Hbond substituents is 1. The van der Waals surface area contributed by atoms with E-state index in [1.54, 1.807) is 17.0 Å². The number of likely N-dealkylation sites (N-methyl/N-ethyl adjacent to an activating group) is 1. The molecule has 1 atom stereocenters. The van der Waals surface area contributed by atoms with Crippen molar-refractivity contribution in [3.63, 3.8) is 0 Å². The van der Waals surface area contributed by atoms with Crippen LogP contribution in [0.4, 0.5) is 4.79 Å². The van der Waals surface area contributed by atoms with E-state index in [0.29, 0.717) is 19.5 Å². The molecule has 1 saturated heterocycles. The summed E-state index contributed by atoms with van der Waals surface area (Å²) in [5.41, 5.74) is 1.98. The number of carbonyl (C=O) groups excluding carboxylic acids is 2. The molecular weight excluding hydrogens is 356 g/mol. The van der Waals surface area contributed by atoms with Gasteiger partial charge in [0.1, 0.15) is 11.3 Å². The Morgan fingerprint density at radius 3 is 2.93 bits per heavy atom. The van der Waals surface area contributed by atoms with Crippen LogP contribution in [0.1, 0.15) is 24.6 Å². The molecule has 3 amide bonds. The SMILES string of the molecule is C=CCN(C)CCCN1C(=O)N2Cc3[nH]c4ccc(O)cc4c3C[C@@]2(C)C1=O. The van der Waals surface area contributed by atoms with Gasteiger partial charge in [0.2, 0.25) is 0 Å². The number of aromatic amines is 1. The number of carbonyl (C=O) groups is 2. The standard InChI is InChI=1S/C21H26N4O3/c1-4-8-23(3)9-5-10-24-19(27)21(2)12-16-15-11-14(26)6-7-17(15)22-18(16)13-25(21)20(24)28/h4,6-7,11,22,26H,1,5,8-10,12-13H2,2-3H3/t21-/m0/s1. The molecule has 2 N–H and O–H groups in total. The van der Waals surface area contributed by atoms with E-state index in [2.05, 4.69) is 16.5 Å². The molecule has 7 heteroatoms. The van der Waals surface area contributed by atoms with Gasteiger partial charge in [-0.25, -0.2) is 4.79 Å². The van der Waals surface area contributed by atoms with Crippen molar-refractivity contribution in [2.45, 2.75) is 31.8 Å². The number of nitrogens with one attached hydrogen (secondary N) is 1. The molecule has 0 bridgehead atoms. The number of fused-ring (bicyclic) bond motifs is 4. The number of rotatable bonds is 6. The number of imide groups is 1. The third-order valence-electron chi connectivity index (χ3n) is 5.94. The summed E-state index contributed by atoms with van der Waals surface area (Å²) in [7, 11) is 1.99. The van der Waals surface area contributed by atoms with E-state index in [9.17, 15) is 14.7 Å². The van der Waals surface area contributed by atoms with Gasteiger partial charge in [0.05, 0.1) is 6.54 Å². The predicted octanol–water partition coefficient (Wildman–Crippen LogP) is 2.46. The maximum atomic E-state index is 13.2. The van der Waals surface area contributed by atoms with E-state index >= 15 is 0 Å². The van der Waals surface area contributed by atoms with E-state index in [-0.39, 0.29) is 17.7 Å². The molecule has 28 heavy (non-hydrogen) atoms. The monoisotopic (exact) mass is 382 g/mol. The number of urea groups is 1. The molecule has 0 spiro atoms. The second-order valence-corrected chi connectivity index (χ2v) is 7.99. The zero-order valence-electron chi connectivity index (χ0n) is 16.4. The van der Waals surface area contributed by atoms with Gasteiger partial charge >= 0.3 is 6.03 Å². The average molecular weight is 382 g/mol. The van der Waals surface area contributed by atoms with Gasteiger partial charge < -0.3 is 19.9 Å². The number of aromatic hydroxyl groups is 1. The number of hydrogen-bond acceptors (Lipinski definition) is 4. The minimum Gasteiger partial charge on any atom is -0.508 e. The van der Waals surface area contributed by atoms with Crippen molar-refractivity contribution in [3.8, 4) is 5.75 Å². The first-order valence-corrected chi connectivity index (χ1v) is 9.60. The molecule has 2 aromatic rings. The molecule has 148 valence electrons. The number of benzene rings is 1. The van der Waals surface area contributed by atoms with Gasteiger partial charge in [-0.05, 0) is 50.7 Å². The summed E-state index contributed by atoms with van der Waals surface area (Å²) in [6.45, 7) is 7.94. The lowest BCUT2D eigenvalue weighted by atomic mass is 9.86. The zero-order valence-corrected chi connectivity index (χ0v) is 16.4. The van der Waals surface area contributed by atoms with Crippen LogP contribution in [0.5, 0.6) is 5.75 Å². The Labute approximate surface area is 164 Å². The largest absolute Gasteiger partial charge is 0.508 e. The fourth-order valence-corrected chi connectivity index (χ4v) is 4.40. The van der Waals surface area contributed by atoms with Crippen molar-refractivity contribution in [1.82, 2.24) is 19.7 Å². The highest BCUT2D eigenvalue weighted by Crippen LogP contribution is 2.41. The number of aromatic nitrogens is 1. The van der Waals surface area contributed by atoms with Crippen LogP contribution in [0.2, 0.25) is 0 Å². The van der Waals surface area contributed by atoms with Gasteiger partial charge in [0, 0.05) is 36.1 Å². The van der Waals surface area contributed by atoms with Gasteiger partial charge in [0.25, 0.3) is 5.91 Å². The Kier molecular flexibility index (Phi) is 4.42. The van der Waals surface area contributed by atoms with Crippen molar-refractivity contribution in [2.75, 3.05) is 26.7 Å². The Balaban J connectivity index is 1.57. The highest BCUT2D eigenvalue weighted by atomic mass is 16.3. The van der Waals surface area contributed by atoms with E-state index in [1.807, 2.05) is 26.1 Å². The van der Waals surface area contributed by atoms with Gasteiger partial charge in [0.15, 0.2) is 0 Å². The van der Waals surface area contributed by atoms with Crippen molar-refractivity contribution >= 4 is 22.8 Å². The molecule has 1 aromatic carbocycles. The Bertz CT molecular complexity index is 966. The predicted molar refractivity (Wildman–Crippen MR) is 107 cm³/mol. The van der Waals surface area contributed by atoms with Crippen molar-refractivity contribution in [3.05, 3.63) is 42.1 Å². The molecule has 3 heterocycles. The fourth-order valence-electron chi connectivity index (χ4n) is 4.40. The van der Waals surface area contributed by atoms with Crippen molar-refractivity contribution in [1.29, 1.82) is 0 Å². The molecule has 2 aliphatic rings. The Morgan fingerprint density at radius 1 is 1.39 bits per heavy atom. The number of H-pyrrole nitrogens is 1. The molecule has 0 saturated carbocycles. The van der Waals surface area contributed by atoms with Crippen LogP contribution in [0.15, 0.2) is 30.9 Å². The van der Waals surface area contributed by atoms with E-state index in [4.69, 9.17) is 0 Å². The van der Waals surface area contributed by atoms with Crippen LogP contribution in [0.3, 0.4) is 0 Å². The first-order valence-electron chi connectivity index (χ1n) is 9.60. The van der Waals surface area contributed by atoms with E-state index < -0.39 is 5.54 Å². The zero-order chi connectivity index (χ0) is 20.1. The maximum Gasteiger partial charge on any atom is 0.328 e. The van der Waals surface area contributed by atoms with Gasteiger partial charge in [-0.3, -0.25) is 9.69 Å². The third-order valence-corrected chi connectivity index (χ3v) is 5.94. The number of nitrogens with zero attached hydrogens (tertiary/aromatic N) is 3. The number of amides is 3. The summed E-state index contributed by atoms with van der Waals surface area (Å²) < 4.78 is 0. The first kappa shape index (κ1) is 18.6. The molecule has 1 aromatic heterocycles. The molecule has 4 rings (SSSR count). The lowest BCUT2D eigenvalue weighted by molar-refractivity contribution is -0.133. The minimum atomic E-state index is -0.877. The summed E-state index contributed by atoms with van der Waals surface area (Å²) in [5, 5.41) is 10.8. The molecule has 0 unspecified atom stereocenters. The normalized spacial score (nSPS) is 21.5. The molecule has 2 aliphatic heterocycles. The maximum absolute atomic E-state index is 13.2. The molecule has 1 fully saturated rings. The van der Waals surface area contributed by atoms with Crippen LogP contribution < -0.4 is 0 Å². The fraction of sp³-hybridized carbons (Fsp3) is 0.429. The third kappa shape index (κ3) is 2.77. The number of hydrogen-bond donors (Lipinski definition) is 2. The van der Waals surface area contributed by atoms with Crippen molar-refractivity contribution < 1.29 is 14.7 Å². The van der Waals surface area contributed by atoms with Crippen LogP contribution in [-0.2, 0) is 17.8 Å². The summed E-state index contributed by atoms with van der Waals surface area (Å²) in [6.07, 6.45) is 3.01. The Hall–Kier alpha value is -2.80. The van der Waals surface area contributed by atoms with Crippen LogP contribution in [0, 0.1) is 0 Å². The quantitative estimate of drug-likeness (QED) is 0.594. The summed E-state index contributed by atoms with van der Waals surface area (Å²) in [6, 6.07) is 4.96. The molecule has 0 radical (unpaired) electrons. The smallest absolute Gasteiger partial charge is 0.328 e. The van der Waals surface area contributed by atoms with Gasteiger partial charge in [-0.1, -0.05) is 6.08 Å². The Morgan fingerprint density at radius 2 is 2.18 bits per heavy atom. The molecular formula is C21H26N4O3. The first-order chi connectivity index (χ1) is 13.3. The van der Waals surface area contributed by atoms with Crippen molar-refractivity contribution in [2.24, 2.45) is 0 Å². The van der Waals surface area contributed by atoms with Crippen LogP contribution >= 0.6 is 0 Å². The topological polar surface area (TPSA) is 79.9 Å². The van der Waals surface area contributed by atoms with Crippen LogP contribution in [0.25, 0.3) is 10.9 Å². The molecule has 7 nitrogen and oxygen atoms in total. The average Bonchev–Trinajstić information content (AvgIpc) is 3.08. The summed E-state index contributed by atoms with van der Waals surface area (Å²) in [5.74, 6) is 0.0602. The van der Waals surface area contributed by atoms with E-state index in [1.165, 1.54) is 4.90 Å². The number of phenols is 1. The highest BCUT2D eigenvalue weighted by Gasteiger charge is 2.56. The minimum absolute atomic E-state index is 0.135. The second kappa shape index (κ2) is 6.67. The van der Waals surface area contributed by atoms with E-state index in [0.717, 1.165) is 41.7 Å². The second-order valence-electron chi connectivity index (χ2n) is 7.99. The lowest BCUT2D eigenvalue weighted by Gasteiger charge is -2.35. The van der Waals surface area contributed by atoms with Crippen LogP contribution in [-0.4, -0.2) is 68.9 Å². The van der Waals surface area contributed by atoms with Gasteiger partial charge in [-0.15, -0.1) is 6.58 Å². The summed E-state index contributed by atoms with van der Waals surface area (Å²) >= 11 is 0. The summed E-state index contributed by atoms with van der Waals surface area (Å²) in [4.78, 5) is 34.7. The lowest BCUT2D eigenvalue weighted by Crippen LogP contribution is -2.51. The van der Waals surface area contributed by atoms with Gasteiger partial charge in [-0.2, -0.15) is 0 Å².